The van der Waals surface area contributed by atoms with E-state index in [1.807, 2.05) is 33.8 Å². The third-order valence-electron chi connectivity index (χ3n) is 3.79. The largest absolute Gasteiger partial charge is 0.490 e. The van der Waals surface area contributed by atoms with Gasteiger partial charge in [-0.1, -0.05) is 15.9 Å². The molecule has 0 saturated carbocycles. The van der Waals surface area contributed by atoms with Crippen molar-refractivity contribution in [1.29, 1.82) is 5.26 Å². The maximum absolute atomic E-state index is 12.8. The first-order valence-corrected chi connectivity index (χ1v) is 9.51. The van der Waals surface area contributed by atoms with E-state index >= 15 is 0 Å². The molecule has 0 fully saturated rings. The lowest BCUT2D eigenvalue weighted by molar-refractivity contribution is -0.118. The number of carbonyl (C=O) groups excluding carboxylic acids is 1. The minimum absolute atomic E-state index is 0.0572. The van der Waals surface area contributed by atoms with Crippen LogP contribution in [-0.2, 0) is 11.2 Å². The fourth-order valence-electron chi connectivity index (χ4n) is 2.70. The normalized spacial score (nSPS) is 11.6. The molecule has 1 aromatic heterocycles. The van der Waals surface area contributed by atoms with Crippen molar-refractivity contribution in [2.45, 2.75) is 40.0 Å². The molecule has 27 heavy (non-hydrogen) atoms. The molecular weight excluding hydrogens is 410 g/mol. The van der Waals surface area contributed by atoms with Crippen molar-refractivity contribution in [3.63, 3.8) is 0 Å². The molecule has 0 bridgehead atoms. The molecule has 1 heterocycles. The van der Waals surface area contributed by atoms with Gasteiger partial charge in [-0.15, -0.1) is 0 Å². The fourth-order valence-corrected chi connectivity index (χ4v) is 3.16. The highest BCUT2D eigenvalue weighted by molar-refractivity contribution is 9.10. The summed E-state index contributed by atoms with van der Waals surface area (Å²) in [5.41, 5.74) is 2.18. The van der Waals surface area contributed by atoms with Crippen LogP contribution in [0.5, 0.6) is 11.5 Å². The quantitative estimate of drug-likeness (QED) is 0.625. The Morgan fingerprint density at radius 3 is 2.19 bits per heavy atom. The Hall–Kier alpha value is -2.46. The number of halogens is 1. The predicted octanol–water partition coefficient (Wildman–Crippen LogP) is 4.07. The van der Waals surface area contributed by atoms with Gasteiger partial charge in [0.05, 0.1) is 19.3 Å². The van der Waals surface area contributed by atoms with Gasteiger partial charge in [0.15, 0.2) is 29.0 Å². The zero-order valence-corrected chi connectivity index (χ0v) is 17.5. The molecule has 0 N–H and O–H groups in total. The van der Waals surface area contributed by atoms with Gasteiger partial charge in [-0.05, 0) is 51.5 Å². The highest BCUT2D eigenvalue weighted by Crippen LogP contribution is 2.34. The van der Waals surface area contributed by atoms with Gasteiger partial charge in [0, 0.05) is 22.3 Å². The number of carbonyl (C=O) groups is 1. The topological polar surface area (TPSA) is 85.1 Å². The molecular formula is C20H22BrN3O3. The molecule has 1 aromatic carbocycles. The zero-order valence-electron chi connectivity index (χ0n) is 15.9. The summed E-state index contributed by atoms with van der Waals surface area (Å²) in [5.74, 6) is 0.137. The minimum Gasteiger partial charge on any atom is -0.490 e. The van der Waals surface area contributed by atoms with E-state index in [0.29, 0.717) is 24.7 Å². The molecule has 2 aromatic rings. The number of nitriles is 1. The van der Waals surface area contributed by atoms with Crippen LogP contribution >= 0.6 is 15.9 Å². The summed E-state index contributed by atoms with van der Waals surface area (Å²) < 4.78 is 11.9. The summed E-state index contributed by atoms with van der Waals surface area (Å²) in [7, 11) is 0. The highest BCUT2D eigenvalue weighted by Gasteiger charge is 2.25. The van der Waals surface area contributed by atoms with Gasteiger partial charge in [-0.25, -0.2) is 9.97 Å². The van der Waals surface area contributed by atoms with Crippen molar-refractivity contribution in [3.05, 3.63) is 45.4 Å². The van der Waals surface area contributed by atoms with Crippen LogP contribution in [0.4, 0.5) is 0 Å². The van der Waals surface area contributed by atoms with Crippen LogP contribution in [0.1, 0.15) is 42.5 Å². The summed E-state index contributed by atoms with van der Waals surface area (Å²) in [5, 5.41) is 9.52. The lowest BCUT2D eigenvalue weighted by atomic mass is 9.97. The smallest absolute Gasteiger partial charge is 0.164 e. The monoisotopic (exact) mass is 431 g/mol. The van der Waals surface area contributed by atoms with Gasteiger partial charge in [-0.2, -0.15) is 5.26 Å². The molecule has 0 aliphatic rings. The van der Waals surface area contributed by atoms with Gasteiger partial charge in [-0.3, -0.25) is 4.79 Å². The van der Waals surface area contributed by atoms with Crippen molar-refractivity contribution >= 4 is 21.7 Å². The standard InChI is InChI=1S/C20H22BrN3O3/c1-5-26-18-9-14(16(21)10-19(18)27-6-2)8-17(25)15(11-22)20-23-12(3)7-13(4)24-20/h7,9-10,15H,5-6,8H2,1-4H3. The number of rotatable bonds is 8. The Bertz CT molecular complexity index is 857. The average molecular weight is 432 g/mol. The third-order valence-corrected chi connectivity index (χ3v) is 4.52. The van der Waals surface area contributed by atoms with Gasteiger partial charge < -0.3 is 9.47 Å². The number of ether oxygens (including phenoxy) is 2. The number of hydrogen-bond donors (Lipinski definition) is 0. The predicted molar refractivity (Wildman–Crippen MR) is 105 cm³/mol. The molecule has 1 atom stereocenters. The van der Waals surface area contributed by atoms with Gasteiger partial charge in [0.1, 0.15) is 0 Å². The maximum Gasteiger partial charge on any atom is 0.164 e. The van der Waals surface area contributed by atoms with E-state index in [1.54, 1.807) is 18.2 Å². The number of Topliss-reactive ketones (excluding diaryl/α,β-unsaturated/α-hetero) is 1. The summed E-state index contributed by atoms with van der Waals surface area (Å²) in [6.07, 6.45) is 0.0572. The van der Waals surface area contributed by atoms with E-state index in [2.05, 4.69) is 25.9 Å². The number of ketones is 1. The molecule has 0 amide bonds. The van der Waals surface area contributed by atoms with Crippen molar-refractivity contribution in [1.82, 2.24) is 9.97 Å². The van der Waals surface area contributed by atoms with Crippen molar-refractivity contribution in [3.8, 4) is 17.6 Å². The molecule has 0 aliphatic heterocycles. The fraction of sp³-hybridized carbons (Fsp3) is 0.400. The average Bonchev–Trinajstić information content (AvgIpc) is 2.59. The van der Waals surface area contributed by atoms with Gasteiger partial charge >= 0.3 is 0 Å². The molecule has 0 radical (unpaired) electrons. The number of aromatic nitrogens is 2. The van der Waals surface area contributed by atoms with E-state index in [1.165, 1.54) is 0 Å². The Morgan fingerprint density at radius 2 is 1.67 bits per heavy atom. The summed E-state index contributed by atoms with van der Waals surface area (Å²) >= 11 is 3.48. The van der Waals surface area contributed by atoms with Crippen molar-refractivity contribution < 1.29 is 14.3 Å². The molecule has 0 saturated heterocycles. The second-order valence-corrected chi connectivity index (χ2v) is 6.82. The van der Waals surface area contributed by atoms with Crippen LogP contribution in [0.25, 0.3) is 0 Å². The molecule has 6 nitrogen and oxygen atoms in total. The first-order valence-electron chi connectivity index (χ1n) is 8.72. The number of hydrogen-bond acceptors (Lipinski definition) is 6. The molecule has 0 spiro atoms. The summed E-state index contributed by atoms with van der Waals surface area (Å²) in [6.45, 7) is 8.38. The van der Waals surface area contributed by atoms with E-state index in [9.17, 15) is 10.1 Å². The minimum atomic E-state index is -1.02. The zero-order chi connectivity index (χ0) is 20.0. The lowest BCUT2D eigenvalue weighted by Crippen LogP contribution is -2.17. The Kier molecular flexibility index (Phi) is 7.31. The first kappa shape index (κ1) is 20.8. The number of aryl methyl sites for hydroxylation is 2. The van der Waals surface area contributed by atoms with E-state index in [0.717, 1.165) is 21.4 Å². The lowest BCUT2D eigenvalue weighted by Gasteiger charge is -2.15. The molecule has 7 heteroatoms. The Balaban J connectivity index is 2.32. The molecule has 2 rings (SSSR count). The number of nitrogens with zero attached hydrogens (tertiary/aromatic N) is 3. The van der Waals surface area contributed by atoms with E-state index in [4.69, 9.17) is 9.47 Å². The van der Waals surface area contributed by atoms with E-state index < -0.39 is 5.92 Å². The first-order chi connectivity index (χ1) is 12.9. The Labute approximate surface area is 167 Å². The van der Waals surface area contributed by atoms with Crippen LogP contribution in [-0.4, -0.2) is 29.0 Å². The van der Waals surface area contributed by atoms with E-state index in [-0.39, 0.29) is 18.0 Å². The van der Waals surface area contributed by atoms with Crippen molar-refractivity contribution in [2.24, 2.45) is 0 Å². The molecule has 0 aliphatic carbocycles. The van der Waals surface area contributed by atoms with Crippen LogP contribution in [0.2, 0.25) is 0 Å². The van der Waals surface area contributed by atoms with Crippen LogP contribution in [0.15, 0.2) is 22.7 Å². The molecule has 142 valence electrons. The van der Waals surface area contributed by atoms with Crippen LogP contribution in [0.3, 0.4) is 0 Å². The highest BCUT2D eigenvalue weighted by atomic mass is 79.9. The third kappa shape index (κ3) is 5.27. The second-order valence-electron chi connectivity index (χ2n) is 5.97. The second kappa shape index (κ2) is 9.47. The SMILES string of the molecule is CCOc1cc(Br)c(CC(=O)C(C#N)c2nc(C)cc(C)n2)cc1OCC. The van der Waals surface area contributed by atoms with Crippen LogP contribution < -0.4 is 9.47 Å². The van der Waals surface area contributed by atoms with Crippen molar-refractivity contribution in [2.75, 3.05) is 13.2 Å². The Morgan fingerprint density at radius 1 is 1.11 bits per heavy atom. The molecule has 1 unspecified atom stereocenters. The van der Waals surface area contributed by atoms with Gasteiger partial charge in [0.25, 0.3) is 0 Å². The summed E-state index contributed by atoms with van der Waals surface area (Å²) in [4.78, 5) is 21.3. The van der Waals surface area contributed by atoms with Gasteiger partial charge in [0.2, 0.25) is 0 Å². The maximum atomic E-state index is 12.8. The summed E-state index contributed by atoms with van der Waals surface area (Å²) in [6, 6.07) is 7.40. The van der Waals surface area contributed by atoms with Crippen LogP contribution in [0, 0.1) is 25.2 Å². The number of benzene rings is 1.